The molecule has 0 aliphatic heterocycles. The fraction of sp³-hybridized carbons (Fsp3) is 0.615. The van der Waals surface area contributed by atoms with Crippen molar-refractivity contribution in [1.29, 1.82) is 5.26 Å². The zero-order valence-corrected chi connectivity index (χ0v) is 11.7. The summed E-state index contributed by atoms with van der Waals surface area (Å²) in [6.07, 6.45) is 1.49. The Balaban J connectivity index is 2.72. The molecule has 0 aromatic carbocycles. The molecule has 1 heterocycles. The summed E-state index contributed by atoms with van der Waals surface area (Å²) in [6, 6.07) is 3.98. The van der Waals surface area contributed by atoms with Crippen molar-refractivity contribution in [3.63, 3.8) is 0 Å². The first-order valence-corrected chi connectivity index (χ1v) is 5.97. The molecule has 0 aliphatic carbocycles. The largest absolute Gasteiger partial charge is 0.369 e. The molecule has 0 saturated heterocycles. The average Bonchev–Trinajstić information content (AvgIpc) is 2.25. The van der Waals surface area contributed by atoms with Gasteiger partial charge in [0.25, 0.3) is 0 Å². The second-order valence-corrected chi connectivity index (χ2v) is 6.06. The number of nitrogens with zero attached hydrogens (tertiary/aromatic N) is 3. The highest BCUT2D eigenvalue weighted by atomic mass is 15.1. The Labute approximate surface area is 109 Å². The molecule has 2 N–H and O–H groups in total. The molecule has 1 aromatic heterocycles. The third kappa shape index (κ3) is 5.00. The van der Waals surface area contributed by atoms with Crippen molar-refractivity contribution in [3.8, 4) is 6.07 Å². The molecule has 0 aliphatic rings. The Kier molecular flexibility index (Phi) is 4.12. The smallest absolute Gasteiger partial charge is 0.132 e. The van der Waals surface area contributed by atoms with Crippen LogP contribution >= 0.6 is 0 Å². The maximum absolute atomic E-state index is 8.96. The molecule has 0 atom stereocenters. The van der Waals surface area contributed by atoms with E-state index in [9.17, 15) is 0 Å². The highest BCUT2D eigenvalue weighted by Crippen LogP contribution is 2.17. The number of aromatic nitrogens is 2. The minimum absolute atomic E-state index is 0.185. The monoisotopic (exact) mass is 247 g/mol. The van der Waals surface area contributed by atoms with Crippen LogP contribution in [-0.4, -0.2) is 22.1 Å². The second kappa shape index (κ2) is 5.21. The van der Waals surface area contributed by atoms with Gasteiger partial charge in [0.1, 0.15) is 23.5 Å². The van der Waals surface area contributed by atoms with Crippen LogP contribution in [0.1, 0.15) is 34.6 Å². The van der Waals surface area contributed by atoms with E-state index in [2.05, 4.69) is 47.4 Å². The van der Waals surface area contributed by atoms with Gasteiger partial charge in [-0.15, -0.1) is 0 Å². The maximum Gasteiger partial charge on any atom is 0.132 e. The number of anilines is 2. The molecular weight excluding hydrogens is 226 g/mol. The molecule has 5 nitrogen and oxygen atoms in total. The third-order valence-electron chi connectivity index (χ3n) is 2.19. The van der Waals surface area contributed by atoms with Crippen molar-refractivity contribution in [2.75, 3.05) is 17.2 Å². The van der Waals surface area contributed by atoms with E-state index in [1.54, 1.807) is 13.8 Å². The summed E-state index contributed by atoms with van der Waals surface area (Å²) in [5.41, 5.74) is -0.458. The van der Waals surface area contributed by atoms with Crippen molar-refractivity contribution in [3.05, 3.63) is 12.4 Å². The fourth-order valence-electron chi connectivity index (χ4n) is 1.23. The van der Waals surface area contributed by atoms with E-state index in [4.69, 9.17) is 5.26 Å². The molecule has 1 aromatic rings. The molecule has 0 amide bonds. The summed E-state index contributed by atoms with van der Waals surface area (Å²) in [4.78, 5) is 8.26. The number of rotatable bonds is 4. The van der Waals surface area contributed by atoms with E-state index in [0.29, 0.717) is 5.82 Å². The molecule has 0 radical (unpaired) electrons. The summed E-state index contributed by atoms with van der Waals surface area (Å²) < 4.78 is 0. The van der Waals surface area contributed by atoms with Gasteiger partial charge in [0.2, 0.25) is 0 Å². The summed E-state index contributed by atoms with van der Waals surface area (Å²) in [5, 5.41) is 15.3. The maximum atomic E-state index is 8.96. The number of nitriles is 1. The predicted molar refractivity (Wildman–Crippen MR) is 73.3 cm³/mol. The van der Waals surface area contributed by atoms with Gasteiger partial charge in [-0.05, 0) is 19.3 Å². The predicted octanol–water partition coefficient (Wildman–Crippen LogP) is 2.65. The standard InChI is InChI=1S/C13H21N5/c1-12(2,3)8-15-10-6-11(17-9-16-10)18-13(4,5)7-14/h6,9H,8H2,1-5H3,(H2,15,16,17,18). The van der Waals surface area contributed by atoms with Crippen molar-refractivity contribution in [2.45, 2.75) is 40.2 Å². The molecular formula is C13H21N5. The molecule has 0 spiro atoms. The van der Waals surface area contributed by atoms with E-state index in [1.807, 2.05) is 6.07 Å². The quantitative estimate of drug-likeness (QED) is 0.855. The van der Waals surface area contributed by atoms with Gasteiger partial charge in [-0.3, -0.25) is 0 Å². The SMILES string of the molecule is CC(C)(C)CNc1cc(NC(C)(C)C#N)ncn1. The Hall–Kier alpha value is -1.83. The number of hydrogen-bond donors (Lipinski definition) is 2. The van der Waals surface area contributed by atoms with E-state index in [0.717, 1.165) is 12.4 Å². The third-order valence-corrected chi connectivity index (χ3v) is 2.19. The zero-order chi connectivity index (χ0) is 13.8. The Morgan fingerprint density at radius 3 is 2.33 bits per heavy atom. The van der Waals surface area contributed by atoms with Gasteiger partial charge in [0.05, 0.1) is 6.07 Å². The van der Waals surface area contributed by atoms with Gasteiger partial charge in [-0.2, -0.15) is 5.26 Å². The molecule has 98 valence electrons. The topological polar surface area (TPSA) is 73.6 Å². The van der Waals surface area contributed by atoms with Crippen LogP contribution in [0.25, 0.3) is 0 Å². The number of hydrogen-bond acceptors (Lipinski definition) is 5. The first-order valence-electron chi connectivity index (χ1n) is 5.97. The Morgan fingerprint density at radius 2 is 1.78 bits per heavy atom. The van der Waals surface area contributed by atoms with Crippen LogP contribution in [0, 0.1) is 16.7 Å². The molecule has 5 heteroatoms. The Bertz CT molecular complexity index is 439. The summed E-state index contributed by atoms with van der Waals surface area (Å²) >= 11 is 0. The van der Waals surface area contributed by atoms with E-state index >= 15 is 0 Å². The van der Waals surface area contributed by atoms with Gasteiger partial charge < -0.3 is 10.6 Å². The van der Waals surface area contributed by atoms with E-state index in [1.165, 1.54) is 6.33 Å². The van der Waals surface area contributed by atoms with Gasteiger partial charge in [0, 0.05) is 12.6 Å². The van der Waals surface area contributed by atoms with Crippen molar-refractivity contribution < 1.29 is 0 Å². The number of nitrogens with one attached hydrogen (secondary N) is 2. The lowest BCUT2D eigenvalue weighted by Gasteiger charge is -2.20. The van der Waals surface area contributed by atoms with Gasteiger partial charge >= 0.3 is 0 Å². The lowest BCUT2D eigenvalue weighted by atomic mass is 9.97. The summed E-state index contributed by atoms with van der Waals surface area (Å²) in [7, 11) is 0. The minimum Gasteiger partial charge on any atom is -0.369 e. The van der Waals surface area contributed by atoms with Crippen LogP contribution in [-0.2, 0) is 0 Å². The normalized spacial score (nSPS) is 11.8. The van der Waals surface area contributed by atoms with E-state index in [-0.39, 0.29) is 5.41 Å². The molecule has 0 bridgehead atoms. The fourth-order valence-corrected chi connectivity index (χ4v) is 1.23. The zero-order valence-electron chi connectivity index (χ0n) is 11.7. The Morgan fingerprint density at radius 1 is 1.17 bits per heavy atom. The molecule has 0 fully saturated rings. The van der Waals surface area contributed by atoms with Crippen LogP contribution in [0.2, 0.25) is 0 Å². The van der Waals surface area contributed by atoms with Gasteiger partial charge in [0.15, 0.2) is 0 Å². The second-order valence-electron chi connectivity index (χ2n) is 6.06. The van der Waals surface area contributed by atoms with Crippen LogP contribution in [0.15, 0.2) is 12.4 Å². The van der Waals surface area contributed by atoms with Gasteiger partial charge in [-0.1, -0.05) is 20.8 Å². The average molecular weight is 247 g/mol. The lowest BCUT2D eigenvalue weighted by Crippen LogP contribution is -2.29. The van der Waals surface area contributed by atoms with Crippen LogP contribution in [0.4, 0.5) is 11.6 Å². The molecule has 0 saturated carbocycles. The highest BCUT2D eigenvalue weighted by molar-refractivity contribution is 5.48. The van der Waals surface area contributed by atoms with Crippen molar-refractivity contribution >= 4 is 11.6 Å². The first-order chi connectivity index (χ1) is 8.22. The van der Waals surface area contributed by atoms with Crippen LogP contribution in [0.5, 0.6) is 0 Å². The van der Waals surface area contributed by atoms with Crippen molar-refractivity contribution in [1.82, 2.24) is 9.97 Å². The minimum atomic E-state index is -0.643. The van der Waals surface area contributed by atoms with E-state index < -0.39 is 5.54 Å². The summed E-state index contributed by atoms with van der Waals surface area (Å²) in [5.74, 6) is 1.41. The van der Waals surface area contributed by atoms with Crippen LogP contribution in [0.3, 0.4) is 0 Å². The lowest BCUT2D eigenvalue weighted by molar-refractivity contribution is 0.442. The van der Waals surface area contributed by atoms with Gasteiger partial charge in [-0.25, -0.2) is 9.97 Å². The first kappa shape index (κ1) is 14.2. The highest BCUT2D eigenvalue weighted by Gasteiger charge is 2.17. The molecule has 18 heavy (non-hydrogen) atoms. The molecule has 1 rings (SSSR count). The summed E-state index contributed by atoms with van der Waals surface area (Å²) in [6.45, 7) is 10.9. The molecule has 0 unspecified atom stereocenters. The van der Waals surface area contributed by atoms with Crippen molar-refractivity contribution in [2.24, 2.45) is 5.41 Å². The van der Waals surface area contributed by atoms with Crippen LogP contribution < -0.4 is 10.6 Å².